The van der Waals surface area contributed by atoms with Gasteiger partial charge in [-0.15, -0.1) is 11.6 Å². The smallest absolute Gasteiger partial charge is 0.196 e. The SMILES string of the molecule is CC(=O)/C(=N\N[C@H]1C(Cl)=CC=C[C@@H]1Cl)N1CCCCC1. The molecule has 0 aromatic heterocycles. The number of nitrogens with one attached hydrogen (secondary N) is 1. The van der Waals surface area contributed by atoms with Gasteiger partial charge in [-0.05, 0) is 25.3 Å². The van der Waals surface area contributed by atoms with Gasteiger partial charge in [-0.2, -0.15) is 5.10 Å². The molecule has 2 rings (SSSR count). The van der Waals surface area contributed by atoms with E-state index >= 15 is 0 Å². The molecule has 0 unspecified atom stereocenters. The molecule has 1 aliphatic carbocycles. The zero-order chi connectivity index (χ0) is 14.5. The number of hydrazone groups is 1. The molecule has 1 aliphatic heterocycles. The van der Waals surface area contributed by atoms with Crippen molar-refractivity contribution in [3.63, 3.8) is 0 Å². The maximum atomic E-state index is 11.8. The number of hydrogen-bond donors (Lipinski definition) is 1. The Morgan fingerprint density at radius 2 is 2.10 bits per heavy atom. The molecule has 2 atom stereocenters. The Labute approximate surface area is 129 Å². The van der Waals surface area contributed by atoms with Crippen molar-refractivity contribution in [3.8, 4) is 0 Å². The zero-order valence-electron chi connectivity index (χ0n) is 11.5. The Bertz CT molecular complexity index is 453. The fourth-order valence-corrected chi connectivity index (χ4v) is 2.96. The number of nitrogens with zero attached hydrogens (tertiary/aromatic N) is 2. The lowest BCUT2D eigenvalue weighted by molar-refractivity contribution is -0.111. The number of rotatable bonds is 3. The number of Topliss-reactive ketones (excluding diaryl/α,β-unsaturated/α-hetero) is 1. The van der Waals surface area contributed by atoms with E-state index in [9.17, 15) is 4.79 Å². The van der Waals surface area contributed by atoms with Gasteiger partial charge >= 0.3 is 0 Å². The van der Waals surface area contributed by atoms with Crippen LogP contribution in [0.1, 0.15) is 26.2 Å². The summed E-state index contributed by atoms with van der Waals surface area (Å²) in [5.74, 6) is 0.421. The first kappa shape index (κ1) is 15.4. The van der Waals surface area contributed by atoms with Crippen molar-refractivity contribution in [3.05, 3.63) is 23.3 Å². The molecule has 2 aliphatic rings. The van der Waals surface area contributed by atoms with E-state index in [1.165, 1.54) is 13.3 Å². The van der Waals surface area contributed by atoms with Gasteiger partial charge in [-0.1, -0.05) is 23.8 Å². The number of halogens is 2. The molecular weight excluding hydrogens is 297 g/mol. The standard InChI is InChI=1S/C14H19Cl2N3O/c1-10(20)14(19-8-3-2-4-9-19)18-17-13-11(15)6-5-7-12(13)16/h5-7,11,13,17H,2-4,8-9H2,1H3/b18-14+/t11-,13+/m0/s1. The zero-order valence-corrected chi connectivity index (χ0v) is 13.0. The van der Waals surface area contributed by atoms with Crippen LogP contribution < -0.4 is 5.43 Å². The third-order valence-corrected chi connectivity index (χ3v) is 4.20. The number of hydrogen-bond acceptors (Lipinski definition) is 3. The summed E-state index contributed by atoms with van der Waals surface area (Å²) >= 11 is 12.3. The van der Waals surface area contributed by atoms with Crippen LogP contribution >= 0.6 is 23.2 Å². The number of ketones is 1. The molecule has 0 amide bonds. The molecular formula is C14H19Cl2N3O. The molecule has 0 saturated carbocycles. The Hall–Kier alpha value is -1.00. The first-order valence-corrected chi connectivity index (χ1v) is 7.68. The van der Waals surface area contributed by atoms with Crippen molar-refractivity contribution < 1.29 is 4.79 Å². The molecule has 0 bridgehead atoms. The number of alkyl halides is 1. The van der Waals surface area contributed by atoms with E-state index in [-0.39, 0.29) is 17.2 Å². The van der Waals surface area contributed by atoms with E-state index in [0.717, 1.165) is 25.9 Å². The second-order valence-corrected chi connectivity index (χ2v) is 5.97. The summed E-state index contributed by atoms with van der Waals surface area (Å²) < 4.78 is 0. The predicted octanol–water partition coefficient (Wildman–Crippen LogP) is 2.63. The topological polar surface area (TPSA) is 44.7 Å². The summed E-state index contributed by atoms with van der Waals surface area (Å²) in [7, 11) is 0. The van der Waals surface area contributed by atoms with Gasteiger partial charge in [0.1, 0.15) is 0 Å². The summed E-state index contributed by atoms with van der Waals surface area (Å²) in [6.45, 7) is 3.28. The van der Waals surface area contributed by atoms with E-state index in [4.69, 9.17) is 23.2 Å². The first-order valence-electron chi connectivity index (χ1n) is 6.86. The molecule has 110 valence electrons. The van der Waals surface area contributed by atoms with E-state index in [1.54, 1.807) is 6.08 Å². The van der Waals surface area contributed by atoms with Crippen molar-refractivity contribution in [2.24, 2.45) is 5.10 Å². The Morgan fingerprint density at radius 3 is 2.70 bits per heavy atom. The number of allylic oxidation sites excluding steroid dienone is 2. The van der Waals surface area contributed by atoms with Crippen molar-refractivity contribution in [2.45, 2.75) is 37.6 Å². The Kier molecular flexibility index (Phi) is 5.49. The fraction of sp³-hybridized carbons (Fsp3) is 0.571. The lowest BCUT2D eigenvalue weighted by Gasteiger charge is -2.29. The number of carbonyl (C=O) groups excluding carboxylic acids is 1. The van der Waals surface area contributed by atoms with Crippen molar-refractivity contribution in [1.82, 2.24) is 10.3 Å². The van der Waals surface area contributed by atoms with Crippen LogP contribution in [0.2, 0.25) is 0 Å². The molecule has 1 saturated heterocycles. The summed E-state index contributed by atoms with van der Waals surface area (Å²) in [5, 5.41) is 4.59. The molecule has 0 aromatic carbocycles. The summed E-state index contributed by atoms with van der Waals surface area (Å²) in [5.41, 5.74) is 2.94. The molecule has 0 radical (unpaired) electrons. The minimum atomic E-state index is -0.289. The van der Waals surface area contributed by atoms with E-state index < -0.39 is 0 Å². The van der Waals surface area contributed by atoms with Crippen LogP contribution in [-0.2, 0) is 4.79 Å². The maximum absolute atomic E-state index is 11.8. The highest BCUT2D eigenvalue weighted by Gasteiger charge is 2.24. The normalized spacial score (nSPS) is 27.2. The van der Waals surface area contributed by atoms with E-state index in [2.05, 4.69) is 10.5 Å². The van der Waals surface area contributed by atoms with Gasteiger partial charge in [-0.3, -0.25) is 10.2 Å². The summed E-state index contributed by atoms with van der Waals surface area (Å²) in [6.07, 6.45) is 8.84. The van der Waals surface area contributed by atoms with Gasteiger partial charge in [0.2, 0.25) is 0 Å². The van der Waals surface area contributed by atoms with Gasteiger partial charge in [0.25, 0.3) is 0 Å². The average molecular weight is 316 g/mol. The van der Waals surface area contributed by atoms with Gasteiger partial charge in [0.05, 0.1) is 11.4 Å². The average Bonchev–Trinajstić information content (AvgIpc) is 2.43. The summed E-state index contributed by atoms with van der Waals surface area (Å²) in [6, 6.07) is -0.289. The molecule has 20 heavy (non-hydrogen) atoms. The van der Waals surface area contributed by atoms with Crippen LogP contribution in [0.25, 0.3) is 0 Å². The third-order valence-electron chi connectivity index (χ3n) is 3.45. The lowest BCUT2D eigenvalue weighted by Crippen LogP contribution is -2.43. The lowest BCUT2D eigenvalue weighted by atomic mass is 10.1. The minimum Gasteiger partial charge on any atom is -0.352 e. The molecule has 0 aromatic rings. The van der Waals surface area contributed by atoms with Crippen LogP contribution in [-0.4, -0.2) is 41.0 Å². The van der Waals surface area contributed by atoms with Crippen molar-refractivity contribution in [1.29, 1.82) is 0 Å². The molecule has 1 N–H and O–H groups in total. The van der Waals surface area contributed by atoms with E-state index in [1.807, 2.05) is 17.1 Å². The Morgan fingerprint density at radius 1 is 1.40 bits per heavy atom. The van der Waals surface area contributed by atoms with Crippen LogP contribution in [0.3, 0.4) is 0 Å². The van der Waals surface area contributed by atoms with Crippen LogP contribution in [0.5, 0.6) is 0 Å². The first-order chi connectivity index (χ1) is 9.59. The molecule has 1 heterocycles. The second-order valence-electron chi connectivity index (χ2n) is 5.03. The predicted molar refractivity (Wildman–Crippen MR) is 83.2 cm³/mol. The van der Waals surface area contributed by atoms with Gasteiger partial charge < -0.3 is 4.90 Å². The molecule has 4 nitrogen and oxygen atoms in total. The van der Waals surface area contributed by atoms with Crippen LogP contribution in [0.15, 0.2) is 28.4 Å². The minimum absolute atomic E-state index is 0.0445. The maximum Gasteiger partial charge on any atom is 0.196 e. The van der Waals surface area contributed by atoms with Crippen LogP contribution in [0, 0.1) is 0 Å². The summed E-state index contributed by atoms with van der Waals surface area (Å²) in [4.78, 5) is 13.8. The number of amidine groups is 1. The third kappa shape index (κ3) is 3.76. The van der Waals surface area contributed by atoms with Crippen LogP contribution in [0.4, 0.5) is 0 Å². The van der Waals surface area contributed by atoms with Crippen molar-refractivity contribution >= 4 is 34.8 Å². The highest BCUT2D eigenvalue weighted by Crippen LogP contribution is 2.21. The number of likely N-dealkylation sites (tertiary alicyclic amines) is 1. The van der Waals surface area contributed by atoms with Crippen molar-refractivity contribution in [2.75, 3.05) is 13.1 Å². The highest BCUT2D eigenvalue weighted by molar-refractivity contribution is 6.37. The molecule has 1 fully saturated rings. The second kappa shape index (κ2) is 7.14. The number of piperidine rings is 1. The van der Waals surface area contributed by atoms with Gasteiger partial charge in [-0.25, -0.2) is 0 Å². The number of carbonyl (C=O) groups is 1. The van der Waals surface area contributed by atoms with Gasteiger partial charge in [0.15, 0.2) is 11.6 Å². The largest absolute Gasteiger partial charge is 0.352 e. The van der Waals surface area contributed by atoms with E-state index in [0.29, 0.717) is 10.9 Å². The monoisotopic (exact) mass is 315 g/mol. The molecule has 0 spiro atoms. The quantitative estimate of drug-likeness (QED) is 0.377. The van der Waals surface area contributed by atoms with Gasteiger partial charge in [0, 0.05) is 25.0 Å². The molecule has 6 heteroatoms. The highest BCUT2D eigenvalue weighted by atomic mass is 35.5. The Balaban J connectivity index is 2.07. The fourth-order valence-electron chi connectivity index (χ4n) is 2.36.